The SMILES string of the molecule is C=C(c1cccc(O)c1)N1CCC(CC)CC1.CN=C/C(SF)=C(\C)N=C(C=C(C)C)c1ccccc1C. The molecule has 2 aromatic rings. The van der Waals surface area contributed by atoms with Crippen LogP contribution in [-0.2, 0) is 0 Å². The van der Waals surface area contributed by atoms with Crippen LogP contribution in [0.5, 0.6) is 5.75 Å². The van der Waals surface area contributed by atoms with E-state index >= 15 is 0 Å². The molecule has 1 heterocycles. The van der Waals surface area contributed by atoms with E-state index in [-0.39, 0.29) is 12.1 Å². The molecule has 0 aliphatic carbocycles. The van der Waals surface area contributed by atoms with Crippen LogP contribution in [0.15, 0.2) is 87.3 Å². The van der Waals surface area contributed by atoms with Gasteiger partial charge in [0.05, 0.1) is 28.5 Å². The van der Waals surface area contributed by atoms with Crippen molar-refractivity contribution in [2.24, 2.45) is 15.9 Å². The van der Waals surface area contributed by atoms with E-state index in [0.717, 1.165) is 52.7 Å². The number of halogens is 1. The van der Waals surface area contributed by atoms with E-state index in [0.29, 0.717) is 16.4 Å². The van der Waals surface area contributed by atoms with Gasteiger partial charge in [0, 0.05) is 43.2 Å². The fraction of sp³-hybridized carbons (Fsp3) is 0.375. The number of hydrogen-bond acceptors (Lipinski definition) is 5. The molecule has 3 rings (SSSR count). The van der Waals surface area contributed by atoms with Gasteiger partial charge >= 0.3 is 0 Å². The maximum absolute atomic E-state index is 13.0. The number of aryl methyl sites for hydroxylation is 1. The van der Waals surface area contributed by atoms with E-state index in [1.807, 2.05) is 63.2 Å². The molecule has 0 radical (unpaired) electrons. The standard InChI is InChI=1S/C17H21FN2S.C15H21NO/c1-12(2)10-16(15-9-7-6-8-13(15)3)20-14(4)17(21-18)11-19-5;1-3-13-7-9-16(10-8-13)12(2)14-5-4-6-15(17)11-14/h6-11H,1-5H3;4-6,11,13,17H,2-3,7-10H2,1H3/b17-14-,19-11?,20-16?;. The minimum atomic E-state index is 0.165. The third-order valence-electron chi connectivity index (χ3n) is 6.57. The molecule has 0 spiro atoms. The first kappa shape index (κ1) is 31.1. The summed E-state index contributed by atoms with van der Waals surface area (Å²) in [6.07, 6.45) is 7.30. The fourth-order valence-corrected chi connectivity index (χ4v) is 4.61. The Labute approximate surface area is 233 Å². The van der Waals surface area contributed by atoms with Crippen LogP contribution < -0.4 is 0 Å². The number of piperidine rings is 1. The van der Waals surface area contributed by atoms with Crippen molar-refractivity contribution in [3.8, 4) is 5.75 Å². The Morgan fingerprint density at radius 2 is 1.82 bits per heavy atom. The maximum atomic E-state index is 13.0. The molecule has 6 heteroatoms. The van der Waals surface area contributed by atoms with E-state index < -0.39 is 0 Å². The predicted molar refractivity (Wildman–Crippen MR) is 165 cm³/mol. The molecular weight excluding hydrogens is 493 g/mol. The number of aromatic hydroxyl groups is 1. The summed E-state index contributed by atoms with van der Waals surface area (Å²) in [7, 11) is 1.62. The Bertz CT molecular complexity index is 1190. The van der Waals surface area contributed by atoms with Crippen molar-refractivity contribution < 1.29 is 8.99 Å². The fourth-order valence-electron chi connectivity index (χ4n) is 4.31. The van der Waals surface area contributed by atoms with E-state index in [2.05, 4.69) is 28.4 Å². The van der Waals surface area contributed by atoms with Crippen LogP contribution in [0.3, 0.4) is 0 Å². The van der Waals surface area contributed by atoms with Gasteiger partial charge in [0.25, 0.3) is 0 Å². The topological polar surface area (TPSA) is 48.2 Å². The predicted octanol–water partition coefficient (Wildman–Crippen LogP) is 8.79. The van der Waals surface area contributed by atoms with Gasteiger partial charge in [0.2, 0.25) is 0 Å². The number of nitrogens with zero attached hydrogens (tertiary/aromatic N) is 3. The van der Waals surface area contributed by atoms with Crippen LogP contribution in [0.25, 0.3) is 5.70 Å². The van der Waals surface area contributed by atoms with Crippen LogP contribution in [-0.4, -0.2) is 42.1 Å². The lowest BCUT2D eigenvalue weighted by Crippen LogP contribution is -2.31. The van der Waals surface area contributed by atoms with Crippen molar-refractivity contribution in [2.45, 2.75) is 53.9 Å². The highest BCUT2D eigenvalue weighted by atomic mass is 32.2. The molecule has 1 aliphatic rings. The number of hydrogen-bond donors (Lipinski definition) is 1. The molecule has 1 fully saturated rings. The molecule has 0 atom stereocenters. The highest BCUT2D eigenvalue weighted by Gasteiger charge is 2.19. The van der Waals surface area contributed by atoms with Gasteiger partial charge in [-0.3, -0.25) is 9.98 Å². The molecule has 1 aliphatic heterocycles. The lowest BCUT2D eigenvalue weighted by atomic mass is 9.93. The van der Waals surface area contributed by atoms with Gasteiger partial charge in [-0.05, 0) is 70.2 Å². The first-order valence-corrected chi connectivity index (χ1v) is 13.9. The second kappa shape index (κ2) is 16.0. The Morgan fingerprint density at radius 3 is 2.37 bits per heavy atom. The number of likely N-dealkylation sites (tertiary alicyclic amines) is 1. The molecule has 1 saturated heterocycles. The van der Waals surface area contributed by atoms with Crippen LogP contribution >= 0.6 is 12.1 Å². The monoisotopic (exact) mass is 535 g/mol. The Hall–Kier alpha value is -3.12. The summed E-state index contributed by atoms with van der Waals surface area (Å²) in [6, 6.07) is 15.4. The summed E-state index contributed by atoms with van der Waals surface area (Å²) in [5.74, 6) is 1.19. The maximum Gasteiger partial charge on any atom is 0.116 e. The summed E-state index contributed by atoms with van der Waals surface area (Å²) >= 11 is 0.165. The van der Waals surface area contributed by atoms with Crippen LogP contribution in [0.2, 0.25) is 0 Å². The van der Waals surface area contributed by atoms with E-state index in [1.165, 1.54) is 25.5 Å². The highest BCUT2D eigenvalue weighted by Crippen LogP contribution is 2.27. The number of rotatable bonds is 8. The summed E-state index contributed by atoms with van der Waals surface area (Å²) in [5, 5.41) is 9.48. The van der Waals surface area contributed by atoms with Gasteiger partial charge < -0.3 is 10.0 Å². The molecule has 0 unspecified atom stereocenters. The van der Waals surface area contributed by atoms with Crippen molar-refractivity contribution in [1.29, 1.82) is 0 Å². The normalized spacial score (nSPS) is 15.0. The molecule has 0 bridgehead atoms. The second-order valence-electron chi connectivity index (χ2n) is 9.78. The van der Waals surface area contributed by atoms with Crippen LogP contribution in [0.1, 0.15) is 63.6 Å². The third kappa shape index (κ3) is 9.64. The zero-order chi connectivity index (χ0) is 28.1. The van der Waals surface area contributed by atoms with Gasteiger partial charge in [-0.15, -0.1) is 0 Å². The third-order valence-corrected chi connectivity index (χ3v) is 7.14. The number of phenolic OH excluding ortho intramolecular Hbond substituents is 1. The Kier molecular flexibility index (Phi) is 13.1. The van der Waals surface area contributed by atoms with E-state index in [1.54, 1.807) is 26.1 Å². The molecule has 4 nitrogen and oxygen atoms in total. The van der Waals surface area contributed by atoms with Crippen molar-refractivity contribution in [3.05, 3.63) is 94.1 Å². The van der Waals surface area contributed by atoms with E-state index in [4.69, 9.17) is 0 Å². The molecule has 0 saturated carbocycles. The minimum Gasteiger partial charge on any atom is -0.508 e. The number of phenols is 1. The zero-order valence-corrected chi connectivity index (χ0v) is 24.5. The Balaban J connectivity index is 0.000000272. The molecular formula is C32H42FN3OS. The van der Waals surface area contributed by atoms with Crippen molar-refractivity contribution in [2.75, 3.05) is 20.1 Å². The van der Waals surface area contributed by atoms with Crippen molar-refractivity contribution in [3.63, 3.8) is 0 Å². The van der Waals surface area contributed by atoms with Crippen LogP contribution in [0.4, 0.5) is 3.89 Å². The van der Waals surface area contributed by atoms with Gasteiger partial charge in [-0.2, -0.15) is 3.89 Å². The average molecular weight is 536 g/mol. The Morgan fingerprint density at radius 1 is 1.13 bits per heavy atom. The smallest absolute Gasteiger partial charge is 0.116 e. The first-order valence-electron chi connectivity index (χ1n) is 13.1. The molecule has 1 N–H and O–H groups in total. The van der Waals surface area contributed by atoms with E-state index in [9.17, 15) is 8.99 Å². The molecule has 0 aromatic heterocycles. The van der Waals surface area contributed by atoms with Gasteiger partial charge in [-0.25, -0.2) is 0 Å². The summed E-state index contributed by atoms with van der Waals surface area (Å²) < 4.78 is 13.0. The minimum absolute atomic E-state index is 0.165. The summed E-state index contributed by atoms with van der Waals surface area (Å²) in [6.45, 7) is 16.5. The van der Waals surface area contributed by atoms with Gasteiger partial charge in [-0.1, -0.05) is 61.9 Å². The lowest BCUT2D eigenvalue weighted by molar-refractivity contribution is 0.251. The lowest BCUT2D eigenvalue weighted by Gasteiger charge is -2.34. The summed E-state index contributed by atoms with van der Waals surface area (Å²) in [5.41, 5.74) is 6.85. The largest absolute Gasteiger partial charge is 0.508 e. The zero-order valence-electron chi connectivity index (χ0n) is 23.7. The van der Waals surface area contributed by atoms with Gasteiger partial charge in [0.1, 0.15) is 5.75 Å². The van der Waals surface area contributed by atoms with Gasteiger partial charge in [0.15, 0.2) is 0 Å². The first-order chi connectivity index (χ1) is 18.2. The molecule has 204 valence electrons. The molecule has 0 amide bonds. The average Bonchev–Trinajstić information content (AvgIpc) is 2.91. The number of benzene rings is 2. The highest BCUT2D eigenvalue weighted by molar-refractivity contribution is 7.99. The quantitative estimate of drug-likeness (QED) is 0.344. The molecule has 2 aromatic carbocycles. The number of aliphatic imine (C=N–C) groups is 2. The van der Waals surface area contributed by atoms with Crippen molar-refractivity contribution >= 4 is 29.8 Å². The molecule has 38 heavy (non-hydrogen) atoms. The second-order valence-corrected chi connectivity index (χ2v) is 10.4. The summed E-state index contributed by atoms with van der Waals surface area (Å²) in [4.78, 5) is 11.2. The van der Waals surface area contributed by atoms with Crippen LogP contribution in [0, 0.1) is 12.8 Å². The number of allylic oxidation sites excluding steroid dienone is 4. The van der Waals surface area contributed by atoms with Crippen molar-refractivity contribution in [1.82, 2.24) is 4.90 Å².